The highest BCUT2D eigenvalue weighted by molar-refractivity contribution is 9.10. The third-order valence-electron chi connectivity index (χ3n) is 2.62. The van der Waals surface area contributed by atoms with Gasteiger partial charge in [-0.3, -0.25) is 4.79 Å². The molecule has 0 bridgehead atoms. The first-order chi connectivity index (χ1) is 7.61. The van der Waals surface area contributed by atoms with Crippen molar-refractivity contribution in [3.8, 4) is 0 Å². The summed E-state index contributed by atoms with van der Waals surface area (Å²) in [5.74, 6) is 0.0340. The van der Waals surface area contributed by atoms with Crippen LogP contribution in [0.25, 0.3) is 0 Å². The van der Waals surface area contributed by atoms with Crippen molar-refractivity contribution in [2.75, 3.05) is 16.8 Å². The standard InChI is InChI=1S/C11H10Br2FNO/c12-5-7-3-11(16)15(6-7)10-4-8(14)1-2-9(10)13/h1-2,4,7H,3,5-6H2. The number of carbonyl (C=O) groups excluding carboxylic acids is 1. The molecule has 1 saturated heterocycles. The fourth-order valence-corrected chi connectivity index (χ4v) is 2.70. The van der Waals surface area contributed by atoms with Gasteiger partial charge in [-0.1, -0.05) is 15.9 Å². The van der Waals surface area contributed by atoms with Gasteiger partial charge in [0.2, 0.25) is 5.91 Å². The molecule has 1 amide bonds. The van der Waals surface area contributed by atoms with Gasteiger partial charge in [0.1, 0.15) is 5.82 Å². The van der Waals surface area contributed by atoms with Crippen LogP contribution in [0, 0.1) is 11.7 Å². The molecule has 1 heterocycles. The van der Waals surface area contributed by atoms with Crippen LogP contribution in [0.15, 0.2) is 22.7 Å². The van der Waals surface area contributed by atoms with Gasteiger partial charge in [0.05, 0.1) is 5.69 Å². The molecule has 1 aliphatic rings. The second-order valence-corrected chi connectivity index (χ2v) is 5.33. The lowest BCUT2D eigenvalue weighted by Gasteiger charge is -2.18. The number of nitrogens with zero attached hydrogens (tertiary/aromatic N) is 1. The molecule has 1 aromatic rings. The Labute approximate surface area is 110 Å². The third kappa shape index (κ3) is 2.30. The van der Waals surface area contributed by atoms with Gasteiger partial charge in [0.25, 0.3) is 0 Å². The maximum Gasteiger partial charge on any atom is 0.227 e. The highest BCUT2D eigenvalue weighted by Crippen LogP contribution is 2.32. The van der Waals surface area contributed by atoms with E-state index < -0.39 is 0 Å². The Kier molecular flexibility index (Phi) is 3.64. The summed E-state index contributed by atoms with van der Waals surface area (Å²) in [6.45, 7) is 0.645. The molecule has 0 aromatic heterocycles. The molecule has 16 heavy (non-hydrogen) atoms. The van der Waals surface area contributed by atoms with Crippen LogP contribution in [0.5, 0.6) is 0 Å². The smallest absolute Gasteiger partial charge is 0.227 e. The topological polar surface area (TPSA) is 20.3 Å². The van der Waals surface area contributed by atoms with Crippen LogP contribution in [-0.4, -0.2) is 17.8 Å². The van der Waals surface area contributed by atoms with E-state index in [0.717, 1.165) is 9.80 Å². The normalized spacial score (nSPS) is 20.6. The average Bonchev–Trinajstić information content (AvgIpc) is 2.63. The zero-order valence-electron chi connectivity index (χ0n) is 8.42. The predicted molar refractivity (Wildman–Crippen MR) is 68.4 cm³/mol. The zero-order chi connectivity index (χ0) is 11.7. The van der Waals surface area contributed by atoms with E-state index in [2.05, 4.69) is 31.9 Å². The summed E-state index contributed by atoms with van der Waals surface area (Å²) in [6.07, 6.45) is 0.522. The Bertz CT molecular complexity index is 424. The summed E-state index contributed by atoms with van der Waals surface area (Å²) in [6, 6.07) is 4.38. The van der Waals surface area contributed by atoms with Crippen LogP contribution in [-0.2, 0) is 4.79 Å². The van der Waals surface area contributed by atoms with Gasteiger partial charge in [0.15, 0.2) is 0 Å². The number of anilines is 1. The number of hydrogen-bond acceptors (Lipinski definition) is 1. The lowest BCUT2D eigenvalue weighted by atomic mass is 10.2. The predicted octanol–water partition coefficient (Wildman–Crippen LogP) is 3.34. The van der Waals surface area contributed by atoms with E-state index >= 15 is 0 Å². The van der Waals surface area contributed by atoms with Crippen molar-refractivity contribution in [3.05, 3.63) is 28.5 Å². The van der Waals surface area contributed by atoms with Crippen molar-refractivity contribution in [2.45, 2.75) is 6.42 Å². The molecular formula is C11H10Br2FNO. The molecule has 0 N–H and O–H groups in total. The van der Waals surface area contributed by atoms with E-state index in [0.29, 0.717) is 24.6 Å². The average molecular weight is 351 g/mol. The van der Waals surface area contributed by atoms with E-state index in [4.69, 9.17) is 0 Å². The molecule has 1 aliphatic heterocycles. The summed E-state index contributed by atoms with van der Waals surface area (Å²) < 4.78 is 13.9. The zero-order valence-corrected chi connectivity index (χ0v) is 11.6. The third-order valence-corrected chi connectivity index (χ3v) is 4.21. The summed E-state index contributed by atoms with van der Waals surface area (Å²) >= 11 is 6.71. The van der Waals surface area contributed by atoms with Crippen LogP contribution < -0.4 is 4.90 Å². The van der Waals surface area contributed by atoms with Crippen molar-refractivity contribution in [1.82, 2.24) is 0 Å². The number of carbonyl (C=O) groups is 1. The molecule has 86 valence electrons. The van der Waals surface area contributed by atoms with Gasteiger partial charge in [-0.2, -0.15) is 0 Å². The molecule has 0 spiro atoms. The quantitative estimate of drug-likeness (QED) is 0.749. The van der Waals surface area contributed by atoms with Crippen LogP contribution in [0.2, 0.25) is 0 Å². The lowest BCUT2D eigenvalue weighted by molar-refractivity contribution is -0.117. The summed E-state index contributed by atoms with van der Waals surface area (Å²) in [5.41, 5.74) is 0.619. The first kappa shape index (κ1) is 12.0. The minimum absolute atomic E-state index is 0.0516. The Hall–Kier alpha value is -0.420. The van der Waals surface area contributed by atoms with Crippen molar-refractivity contribution in [3.63, 3.8) is 0 Å². The molecule has 1 unspecified atom stereocenters. The highest BCUT2D eigenvalue weighted by atomic mass is 79.9. The molecule has 1 aromatic carbocycles. The van der Waals surface area contributed by atoms with Crippen molar-refractivity contribution in [1.29, 1.82) is 0 Å². The molecule has 0 saturated carbocycles. The van der Waals surface area contributed by atoms with Gasteiger partial charge in [0, 0.05) is 22.8 Å². The van der Waals surface area contributed by atoms with Gasteiger partial charge in [-0.05, 0) is 40.0 Å². The monoisotopic (exact) mass is 349 g/mol. The minimum Gasteiger partial charge on any atom is -0.311 e. The maximum absolute atomic E-state index is 13.1. The number of hydrogen-bond donors (Lipinski definition) is 0. The number of benzene rings is 1. The fourth-order valence-electron chi connectivity index (χ4n) is 1.81. The molecule has 2 rings (SSSR count). The molecule has 2 nitrogen and oxygen atoms in total. The molecule has 1 atom stereocenters. The van der Waals surface area contributed by atoms with E-state index in [1.807, 2.05) is 0 Å². The van der Waals surface area contributed by atoms with Crippen molar-refractivity contribution < 1.29 is 9.18 Å². The van der Waals surface area contributed by atoms with Crippen LogP contribution in [0.4, 0.5) is 10.1 Å². The van der Waals surface area contributed by atoms with Crippen LogP contribution >= 0.6 is 31.9 Å². The van der Waals surface area contributed by atoms with Crippen molar-refractivity contribution >= 4 is 43.5 Å². The van der Waals surface area contributed by atoms with E-state index in [9.17, 15) is 9.18 Å². The molecular weight excluding hydrogens is 341 g/mol. The Balaban J connectivity index is 2.30. The largest absolute Gasteiger partial charge is 0.311 e. The van der Waals surface area contributed by atoms with Gasteiger partial charge < -0.3 is 4.90 Å². The summed E-state index contributed by atoms with van der Waals surface area (Å²) in [5, 5.41) is 0.794. The summed E-state index contributed by atoms with van der Waals surface area (Å²) in [4.78, 5) is 13.4. The number of rotatable bonds is 2. The second-order valence-electron chi connectivity index (χ2n) is 3.82. The summed E-state index contributed by atoms with van der Waals surface area (Å²) in [7, 11) is 0. The first-order valence-corrected chi connectivity index (χ1v) is 6.84. The van der Waals surface area contributed by atoms with Crippen LogP contribution in [0.1, 0.15) is 6.42 Å². The Morgan fingerprint density at radius 3 is 2.88 bits per heavy atom. The van der Waals surface area contributed by atoms with Gasteiger partial charge in [-0.25, -0.2) is 4.39 Å². The highest BCUT2D eigenvalue weighted by Gasteiger charge is 2.30. The SMILES string of the molecule is O=C1CC(CBr)CN1c1cc(F)ccc1Br. The minimum atomic E-state index is -0.326. The van der Waals surface area contributed by atoms with E-state index in [1.54, 1.807) is 11.0 Å². The number of halogens is 3. The molecule has 0 radical (unpaired) electrons. The fraction of sp³-hybridized carbons (Fsp3) is 0.364. The Morgan fingerprint density at radius 2 is 2.25 bits per heavy atom. The molecule has 1 fully saturated rings. The lowest BCUT2D eigenvalue weighted by Crippen LogP contribution is -2.25. The van der Waals surface area contributed by atoms with Crippen molar-refractivity contribution in [2.24, 2.45) is 5.92 Å². The van der Waals surface area contributed by atoms with Gasteiger partial charge in [-0.15, -0.1) is 0 Å². The Morgan fingerprint density at radius 1 is 1.50 bits per heavy atom. The van der Waals surface area contributed by atoms with Gasteiger partial charge >= 0.3 is 0 Å². The maximum atomic E-state index is 13.1. The first-order valence-electron chi connectivity index (χ1n) is 4.93. The van der Waals surface area contributed by atoms with E-state index in [-0.39, 0.29) is 11.7 Å². The second kappa shape index (κ2) is 4.84. The van der Waals surface area contributed by atoms with Crippen LogP contribution in [0.3, 0.4) is 0 Å². The molecule has 0 aliphatic carbocycles. The number of amides is 1. The molecule has 5 heteroatoms. The number of alkyl halides is 1. The van der Waals surface area contributed by atoms with E-state index in [1.165, 1.54) is 12.1 Å².